The molecule has 0 spiro atoms. The zero-order chi connectivity index (χ0) is 13.9. The summed E-state index contributed by atoms with van der Waals surface area (Å²) in [7, 11) is 0. The topological polar surface area (TPSA) is 28.4 Å². The third-order valence-electron chi connectivity index (χ3n) is 3.60. The van der Waals surface area contributed by atoms with Crippen molar-refractivity contribution in [2.45, 2.75) is 6.04 Å². The van der Waals surface area contributed by atoms with Gasteiger partial charge in [0.2, 0.25) is 0 Å². The van der Waals surface area contributed by atoms with Gasteiger partial charge in [0.25, 0.3) is 0 Å². The van der Waals surface area contributed by atoms with Gasteiger partial charge in [-0.3, -0.25) is 4.90 Å². The molecule has 21 heavy (non-hydrogen) atoms. The van der Waals surface area contributed by atoms with Crippen LogP contribution in [0.4, 0.5) is 4.39 Å². The lowest BCUT2D eigenvalue weighted by Crippen LogP contribution is -2.45. The van der Waals surface area contributed by atoms with Crippen molar-refractivity contribution in [1.29, 1.82) is 0 Å². The van der Waals surface area contributed by atoms with E-state index in [1.54, 1.807) is 12.3 Å². The number of nitrogens with zero attached hydrogens (tertiary/aromatic N) is 1. The average molecular weight is 376 g/mol. The molecule has 0 aliphatic carbocycles. The Morgan fingerprint density at radius 2 is 1.95 bits per heavy atom. The fraction of sp³-hybridized carbons (Fsp3) is 0.333. The van der Waals surface area contributed by atoms with Crippen LogP contribution in [0.2, 0.25) is 0 Å². The molecule has 0 radical (unpaired) electrons. The van der Waals surface area contributed by atoms with Crippen molar-refractivity contribution in [1.82, 2.24) is 10.2 Å². The maximum Gasteiger partial charge on any atom is 0.129 e. The first-order valence-corrected chi connectivity index (χ1v) is 7.49. The first kappa shape index (κ1) is 16.5. The summed E-state index contributed by atoms with van der Waals surface area (Å²) in [6.07, 6.45) is 1.64. The molecular formula is C15H17BrClFN2O. The molecule has 1 aromatic heterocycles. The minimum absolute atomic E-state index is 0. The van der Waals surface area contributed by atoms with Gasteiger partial charge < -0.3 is 9.73 Å². The summed E-state index contributed by atoms with van der Waals surface area (Å²) >= 11 is 3.48. The maximum absolute atomic E-state index is 14.3. The van der Waals surface area contributed by atoms with Crippen molar-refractivity contribution in [3.05, 3.63) is 58.2 Å². The second-order valence-corrected chi connectivity index (χ2v) is 5.69. The molecule has 1 saturated heterocycles. The van der Waals surface area contributed by atoms with Crippen molar-refractivity contribution < 1.29 is 8.81 Å². The van der Waals surface area contributed by atoms with E-state index < -0.39 is 0 Å². The van der Waals surface area contributed by atoms with E-state index in [1.807, 2.05) is 18.2 Å². The lowest BCUT2D eigenvalue weighted by molar-refractivity contribution is 0.176. The van der Waals surface area contributed by atoms with Crippen LogP contribution in [0.1, 0.15) is 17.4 Å². The Balaban J connectivity index is 0.00000161. The lowest BCUT2D eigenvalue weighted by Gasteiger charge is -2.34. The molecule has 1 aliphatic heterocycles. The number of halogens is 3. The van der Waals surface area contributed by atoms with Gasteiger partial charge in [0.05, 0.1) is 12.3 Å². The van der Waals surface area contributed by atoms with Gasteiger partial charge in [-0.05, 0) is 24.3 Å². The van der Waals surface area contributed by atoms with Crippen LogP contribution in [0.5, 0.6) is 0 Å². The molecule has 2 aromatic rings. The molecule has 0 unspecified atom stereocenters. The van der Waals surface area contributed by atoms with Gasteiger partial charge in [-0.2, -0.15) is 0 Å². The minimum Gasteiger partial charge on any atom is -0.467 e. The molecule has 0 saturated carbocycles. The van der Waals surface area contributed by atoms with E-state index in [9.17, 15) is 4.39 Å². The summed E-state index contributed by atoms with van der Waals surface area (Å²) in [4.78, 5) is 2.25. The number of nitrogens with one attached hydrogen (secondary N) is 1. The summed E-state index contributed by atoms with van der Waals surface area (Å²) in [5.41, 5.74) is 0.643. The van der Waals surface area contributed by atoms with Gasteiger partial charge in [-0.15, -0.1) is 12.4 Å². The number of hydrogen-bond acceptors (Lipinski definition) is 3. The average Bonchev–Trinajstić information content (AvgIpc) is 2.98. The van der Waals surface area contributed by atoms with Gasteiger partial charge in [-0.25, -0.2) is 4.39 Å². The fourth-order valence-electron chi connectivity index (χ4n) is 2.66. The lowest BCUT2D eigenvalue weighted by atomic mass is 10.0. The quantitative estimate of drug-likeness (QED) is 0.888. The first-order valence-electron chi connectivity index (χ1n) is 6.69. The summed E-state index contributed by atoms with van der Waals surface area (Å²) in [6, 6.07) is 8.64. The Labute approximate surface area is 138 Å². The Kier molecular flexibility index (Phi) is 5.81. The molecule has 3 nitrogen and oxygen atoms in total. The molecule has 2 heterocycles. The fourth-order valence-corrected chi connectivity index (χ4v) is 3.22. The van der Waals surface area contributed by atoms with Crippen LogP contribution in [-0.2, 0) is 0 Å². The highest BCUT2D eigenvalue weighted by Crippen LogP contribution is 2.35. The third kappa shape index (κ3) is 3.48. The van der Waals surface area contributed by atoms with Crippen LogP contribution in [0.3, 0.4) is 0 Å². The molecular weight excluding hydrogens is 359 g/mol. The van der Waals surface area contributed by atoms with Crippen LogP contribution >= 0.6 is 28.3 Å². The molecule has 1 N–H and O–H groups in total. The number of hydrogen-bond donors (Lipinski definition) is 1. The molecule has 1 fully saturated rings. The Bertz CT molecular complexity index is 553. The molecule has 0 amide bonds. The van der Waals surface area contributed by atoms with Crippen molar-refractivity contribution in [2.75, 3.05) is 26.2 Å². The molecule has 3 rings (SSSR count). The minimum atomic E-state index is -0.209. The predicted octanol–water partition coefficient (Wildman–Crippen LogP) is 3.60. The summed E-state index contributed by atoms with van der Waals surface area (Å²) in [5, 5.41) is 3.32. The summed E-state index contributed by atoms with van der Waals surface area (Å²) in [6.45, 7) is 3.55. The first-order chi connectivity index (χ1) is 9.77. The van der Waals surface area contributed by atoms with Gasteiger partial charge in [0.1, 0.15) is 11.6 Å². The smallest absolute Gasteiger partial charge is 0.129 e. The Morgan fingerprint density at radius 3 is 2.57 bits per heavy atom. The van der Waals surface area contributed by atoms with Gasteiger partial charge >= 0.3 is 0 Å². The molecule has 6 heteroatoms. The predicted molar refractivity (Wildman–Crippen MR) is 86.3 cm³/mol. The number of rotatable bonds is 3. The van der Waals surface area contributed by atoms with E-state index in [1.165, 1.54) is 6.07 Å². The van der Waals surface area contributed by atoms with Crippen LogP contribution in [-0.4, -0.2) is 31.1 Å². The van der Waals surface area contributed by atoms with Crippen molar-refractivity contribution in [2.24, 2.45) is 0 Å². The highest BCUT2D eigenvalue weighted by atomic mass is 79.9. The van der Waals surface area contributed by atoms with Gasteiger partial charge in [-0.1, -0.05) is 22.0 Å². The second kappa shape index (κ2) is 7.40. The molecule has 0 bridgehead atoms. The Morgan fingerprint density at radius 1 is 1.19 bits per heavy atom. The maximum atomic E-state index is 14.3. The van der Waals surface area contributed by atoms with Crippen molar-refractivity contribution in [3.63, 3.8) is 0 Å². The van der Waals surface area contributed by atoms with E-state index in [4.69, 9.17) is 4.42 Å². The van der Waals surface area contributed by atoms with E-state index >= 15 is 0 Å². The zero-order valence-electron chi connectivity index (χ0n) is 11.4. The normalized spacial score (nSPS) is 17.2. The summed E-state index contributed by atoms with van der Waals surface area (Å²) in [5.74, 6) is 0.567. The highest BCUT2D eigenvalue weighted by molar-refractivity contribution is 9.10. The number of furan rings is 1. The SMILES string of the molecule is Cl.Fc1cccc(Br)c1[C@@H](c1ccco1)N1CCNCC1. The second-order valence-electron chi connectivity index (χ2n) is 4.84. The van der Waals surface area contributed by atoms with E-state index in [2.05, 4.69) is 26.1 Å². The zero-order valence-corrected chi connectivity index (χ0v) is 13.8. The van der Waals surface area contributed by atoms with Crippen molar-refractivity contribution in [3.8, 4) is 0 Å². The van der Waals surface area contributed by atoms with Crippen LogP contribution in [0.25, 0.3) is 0 Å². The Hall–Kier alpha value is -0.880. The van der Waals surface area contributed by atoms with E-state index in [0.717, 1.165) is 36.4 Å². The number of benzene rings is 1. The van der Waals surface area contributed by atoms with Crippen LogP contribution < -0.4 is 5.32 Å². The van der Waals surface area contributed by atoms with Gasteiger partial charge in [0.15, 0.2) is 0 Å². The largest absolute Gasteiger partial charge is 0.467 e. The third-order valence-corrected chi connectivity index (χ3v) is 4.29. The van der Waals surface area contributed by atoms with E-state index in [-0.39, 0.29) is 24.3 Å². The monoisotopic (exact) mass is 374 g/mol. The molecule has 1 aromatic carbocycles. The highest BCUT2D eigenvalue weighted by Gasteiger charge is 2.29. The molecule has 1 aliphatic rings. The van der Waals surface area contributed by atoms with Crippen molar-refractivity contribution >= 4 is 28.3 Å². The molecule has 114 valence electrons. The summed E-state index contributed by atoms with van der Waals surface area (Å²) < 4.78 is 20.7. The van der Waals surface area contributed by atoms with E-state index in [0.29, 0.717) is 5.56 Å². The standard InChI is InChI=1S/C15H16BrFN2O.ClH/c16-11-3-1-4-12(17)14(11)15(13-5-2-10-20-13)19-8-6-18-7-9-19;/h1-5,10,15,18H,6-9H2;1H/t15-;/m1./s1. The van der Waals surface area contributed by atoms with Crippen LogP contribution in [0.15, 0.2) is 45.5 Å². The van der Waals surface area contributed by atoms with Crippen LogP contribution in [0, 0.1) is 5.82 Å². The number of piperazine rings is 1. The van der Waals surface area contributed by atoms with Gasteiger partial charge in [0, 0.05) is 36.2 Å². The molecule has 1 atom stereocenters.